The minimum atomic E-state index is -2.92. The van der Waals surface area contributed by atoms with E-state index in [4.69, 9.17) is 5.73 Å². The lowest BCUT2D eigenvalue weighted by atomic mass is 10.3. The van der Waals surface area contributed by atoms with Crippen molar-refractivity contribution in [2.45, 2.75) is 16.6 Å². The Kier molecular flexibility index (Phi) is 3.49. The smallest absolute Gasteiger partial charge is 0.271 e. The third kappa shape index (κ3) is 2.94. The van der Waals surface area contributed by atoms with Crippen molar-refractivity contribution in [1.29, 1.82) is 0 Å². The summed E-state index contributed by atoms with van der Waals surface area (Å²) in [6.07, 6.45) is 0.601. The number of nitro benzene ring substituents is 1. The van der Waals surface area contributed by atoms with Gasteiger partial charge in [-0.05, 0) is 12.5 Å². The van der Waals surface area contributed by atoms with Gasteiger partial charge in [0.25, 0.3) is 5.69 Å². The summed E-state index contributed by atoms with van der Waals surface area (Å²) < 4.78 is 22.7. The maximum atomic E-state index is 11.3. The molecule has 1 fully saturated rings. The largest absolute Gasteiger partial charge is 0.398 e. The molecule has 1 aliphatic heterocycles. The van der Waals surface area contributed by atoms with E-state index in [1.165, 1.54) is 23.9 Å². The van der Waals surface area contributed by atoms with Crippen LogP contribution in [0.3, 0.4) is 0 Å². The molecule has 2 N–H and O–H groups in total. The number of nitrogens with two attached hydrogens (primary N) is 1. The Morgan fingerprint density at radius 3 is 2.67 bits per heavy atom. The molecule has 18 heavy (non-hydrogen) atoms. The molecule has 0 bridgehead atoms. The molecule has 1 heterocycles. The first kappa shape index (κ1) is 13.2. The number of hydrogen-bond donors (Lipinski definition) is 1. The van der Waals surface area contributed by atoms with E-state index in [0.29, 0.717) is 17.0 Å². The molecule has 1 aromatic rings. The quantitative estimate of drug-likeness (QED) is 0.513. The van der Waals surface area contributed by atoms with E-state index in [1.54, 1.807) is 6.07 Å². The van der Waals surface area contributed by atoms with Gasteiger partial charge < -0.3 is 5.73 Å². The molecule has 0 spiro atoms. The summed E-state index contributed by atoms with van der Waals surface area (Å²) in [4.78, 5) is 10.7. The summed E-state index contributed by atoms with van der Waals surface area (Å²) in [5.74, 6) is 0.353. The minimum Gasteiger partial charge on any atom is -0.398 e. The van der Waals surface area contributed by atoms with Gasteiger partial charge in [-0.1, -0.05) is 0 Å². The second-order valence-electron chi connectivity index (χ2n) is 4.12. The molecular formula is C10H12N2O4S2. The molecular weight excluding hydrogens is 276 g/mol. The predicted molar refractivity (Wildman–Crippen MR) is 70.4 cm³/mol. The second kappa shape index (κ2) is 4.77. The SMILES string of the molecule is Nc1cc([N+](=O)[O-])ccc1S[C@H]1CCS(=O)(=O)C1. The van der Waals surface area contributed by atoms with Crippen molar-refractivity contribution in [1.82, 2.24) is 0 Å². The van der Waals surface area contributed by atoms with Crippen LogP contribution in [0.25, 0.3) is 0 Å². The van der Waals surface area contributed by atoms with Gasteiger partial charge in [0, 0.05) is 22.3 Å². The van der Waals surface area contributed by atoms with Crippen LogP contribution in [-0.4, -0.2) is 30.1 Å². The number of benzene rings is 1. The fraction of sp³-hybridized carbons (Fsp3) is 0.400. The molecule has 0 aromatic heterocycles. The van der Waals surface area contributed by atoms with Gasteiger partial charge in [0.15, 0.2) is 9.84 Å². The van der Waals surface area contributed by atoms with E-state index in [1.807, 2.05) is 0 Å². The number of sulfone groups is 1. The minimum absolute atomic E-state index is 0.0150. The maximum absolute atomic E-state index is 11.3. The average Bonchev–Trinajstić information content (AvgIpc) is 2.61. The molecule has 0 aliphatic carbocycles. The van der Waals surface area contributed by atoms with Crippen molar-refractivity contribution in [2.24, 2.45) is 0 Å². The number of thioether (sulfide) groups is 1. The monoisotopic (exact) mass is 288 g/mol. The first-order valence-corrected chi connectivity index (χ1v) is 7.98. The molecule has 1 atom stereocenters. The molecule has 0 unspecified atom stereocenters. The predicted octanol–water partition coefficient (Wildman–Crippen LogP) is 1.46. The number of rotatable bonds is 3. The van der Waals surface area contributed by atoms with Crippen molar-refractivity contribution in [2.75, 3.05) is 17.2 Å². The number of non-ortho nitro benzene ring substituents is 1. The molecule has 2 rings (SSSR count). The molecule has 98 valence electrons. The Bertz CT molecular complexity index is 586. The van der Waals surface area contributed by atoms with Gasteiger partial charge in [0.1, 0.15) is 0 Å². The average molecular weight is 288 g/mol. The van der Waals surface area contributed by atoms with Crippen LogP contribution in [0, 0.1) is 10.1 Å². The van der Waals surface area contributed by atoms with E-state index in [-0.39, 0.29) is 22.4 Å². The second-order valence-corrected chi connectivity index (χ2v) is 7.69. The van der Waals surface area contributed by atoms with E-state index in [0.717, 1.165) is 0 Å². The zero-order chi connectivity index (χ0) is 13.3. The zero-order valence-corrected chi connectivity index (χ0v) is 11.0. The first-order chi connectivity index (χ1) is 8.37. The third-order valence-electron chi connectivity index (χ3n) is 2.69. The van der Waals surface area contributed by atoms with Gasteiger partial charge in [0.2, 0.25) is 0 Å². The number of nitro groups is 1. The summed E-state index contributed by atoms with van der Waals surface area (Å²) in [6, 6.07) is 4.25. The van der Waals surface area contributed by atoms with Gasteiger partial charge in [-0.2, -0.15) is 0 Å². The maximum Gasteiger partial charge on any atom is 0.271 e. The zero-order valence-electron chi connectivity index (χ0n) is 9.40. The van der Waals surface area contributed by atoms with E-state index < -0.39 is 14.8 Å². The van der Waals surface area contributed by atoms with Crippen LogP contribution in [0.2, 0.25) is 0 Å². The highest BCUT2D eigenvalue weighted by molar-refractivity contribution is 8.02. The topological polar surface area (TPSA) is 103 Å². The van der Waals surface area contributed by atoms with Gasteiger partial charge in [-0.3, -0.25) is 10.1 Å². The molecule has 0 saturated carbocycles. The number of hydrogen-bond acceptors (Lipinski definition) is 6. The van der Waals surface area contributed by atoms with Crippen molar-refractivity contribution in [3.8, 4) is 0 Å². The lowest BCUT2D eigenvalue weighted by Gasteiger charge is -2.09. The summed E-state index contributed by atoms with van der Waals surface area (Å²) in [7, 11) is -2.92. The van der Waals surface area contributed by atoms with Crippen LogP contribution >= 0.6 is 11.8 Å². The Morgan fingerprint density at radius 1 is 1.44 bits per heavy atom. The van der Waals surface area contributed by atoms with E-state index >= 15 is 0 Å². The van der Waals surface area contributed by atoms with Crippen LogP contribution in [0.1, 0.15) is 6.42 Å². The van der Waals surface area contributed by atoms with Crippen LogP contribution in [0.15, 0.2) is 23.1 Å². The molecule has 1 aliphatic rings. The van der Waals surface area contributed by atoms with Crippen molar-refractivity contribution < 1.29 is 13.3 Å². The number of nitrogen functional groups attached to an aromatic ring is 1. The van der Waals surface area contributed by atoms with E-state index in [2.05, 4.69) is 0 Å². The summed E-state index contributed by atoms with van der Waals surface area (Å²) >= 11 is 1.37. The van der Waals surface area contributed by atoms with Crippen LogP contribution in [0.4, 0.5) is 11.4 Å². The molecule has 1 aromatic carbocycles. The van der Waals surface area contributed by atoms with Gasteiger partial charge >= 0.3 is 0 Å². The standard InChI is InChI=1S/C10H12N2O4S2/c11-9-5-7(12(13)14)1-2-10(9)17-8-3-4-18(15,16)6-8/h1-2,5,8H,3-4,6,11H2/t8-/m0/s1. The molecule has 8 heteroatoms. The lowest BCUT2D eigenvalue weighted by molar-refractivity contribution is -0.384. The fourth-order valence-corrected chi connectivity index (χ4v) is 5.31. The third-order valence-corrected chi connectivity index (χ3v) is 6.03. The normalized spacial score (nSPS) is 21.9. The van der Waals surface area contributed by atoms with Gasteiger partial charge in [-0.15, -0.1) is 11.8 Å². The Hall–Kier alpha value is -1.28. The first-order valence-electron chi connectivity index (χ1n) is 5.28. The Balaban J connectivity index is 2.13. The Morgan fingerprint density at radius 2 is 2.17 bits per heavy atom. The van der Waals surface area contributed by atoms with Gasteiger partial charge in [-0.25, -0.2) is 8.42 Å². The van der Waals surface area contributed by atoms with Crippen molar-refractivity contribution in [3.05, 3.63) is 28.3 Å². The fourth-order valence-electron chi connectivity index (χ4n) is 1.79. The van der Waals surface area contributed by atoms with Crippen molar-refractivity contribution >= 4 is 33.0 Å². The highest BCUT2D eigenvalue weighted by Gasteiger charge is 2.29. The molecule has 6 nitrogen and oxygen atoms in total. The lowest BCUT2D eigenvalue weighted by Crippen LogP contribution is -2.06. The molecule has 0 radical (unpaired) electrons. The van der Waals surface area contributed by atoms with E-state index in [9.17, 15) is 18.5 Å². The number of nitrogens with zero attached hydrogens (tertiary/aromatic N) is 1. The summed E-state index contributed by atoms with van der Waals surface area (Å²) in [5.41, 5.74) is 5.99. The Labute approximate surface area is 109 Å². The number of anilines is 1. The summed E-state index contributed by atoms with van der Waals surface area (Å²) in [5, 5.41) is 10.5. The van der Waals surface area contributed by atoms with Crippen molar-refractivity contribution in [3.63, 3.8) is 0 Å². The molecule has 0 amide bonds. The van der Waals surface area contributed by atoms with Crippen LogP contribution in [0.5, 0.6) is 0 Å². The van der Waals surface area contributed by atoms with Gasteiger partial charge in [0.05, 0.1) is 22.1 Å². The summed E-state index contributed by atoms with van der Waals surface area (Å²) in [6.45, 7) is 0. The van der Waals surface area contributed by atoms with Crippen LogP contribution in [-0.2, 0) is 9.84 Å². The van der Waals surface area contributed by atoms with Crippen LogP contribution < -0.4 is 5.73 Å². The highest BCUT2D eigenvalue weighted by atomic mass is 32.2. The molecule has 1 saturated heterocycles. The highest BCUT2D eigenvalue weighted by Crippen LogP contribution is 2.35.